The van der Waals surface area contributed by atoms with E-state index in [-0.39, 0.29) is 17.9 Å². The molecule has 0 aliphatic carbocycles. The van der Waals surface area contributed by atoms with E-state index in [9.17, 15) is 4.79 Å². The summed E-state index contributed by atoms with van der Waals surface area (Å²) in [5.74, 6) is 0.447. The summed E-state index contributed by atoms with van der Waals surface area (Å²) in [5, 5.41) is 0. The Labute approximate surface area is 97.5 Å². The van der Waals surface area contributed by atoms with Crippen molar-refractivity contribution in [2.45, 2.75) is 19.9 Å². The average Bonchev–Trinajstić information content (AvgIpc) is 2.19. The molecule has 0 bridgehead atoms. The van der Waals surface area contributed by atoms with E-state index in [1.54, 1.807) is 0 Å². The molecule has 88 valence electrons. The van der Waals surface area contributed by atoms with Crippen LogP contribution < -0.4 is 4.72 Å². The minimum absolute atomic E-state index is 0.170. The van der Waals surface area contributed by atoms with E-state index < -0.39 is 0 Å². The number of carbonyl (C=O) groups is 1. The van der Waals surface area contributed by atoms with E-state index in [0.717, 1.165) is 26.2 Å². The molecule has 5 heteroatoms. The number of carbonyl (C=O) groups excluding carboxylic acids is 1. The third-order valence-electron chi connectivity index (χ3n) is 2.89. The van der Waals surface area contributed by atoms with Gasteiger partial charge >= 0.3 is 0 Å². The molecule has 0 aromatic heterocycles. The quantitative estimate of drug-likeness (QED) is 0.682. The lowest BCUT2D eigenvalue weighted by molar-refractivity contribution is -0.135. The highest BCUT2D eigenvalue weighted by Crippen LogP contribution is 2.09. The highest BCUT2D eigenvalue weighted by atomic mass is 32.1. The first-order chi connectivity index (χ1) is 7.06. The van der Waals surface area contributed by atoms with Gasteiger partial charge in [0.15, 0.2) is 0 Å². The number of hydrogen-bond donors (Lipinski definition) is 2. The van der Waals surface area contributed by atoms with Crippen molar-refractivity contribution in [2.75, 3.05) is 33.2 Å². The van der Waals surface area contributed by atoms with Gasteiger partial charge in [0.05, 0.1) is 6.04 Å². The summed E-state index contributed by atoms with van der Waals surface area (Å²) >= 11 is 4.02. The summed E-state index contributed by atoms with van der Waals surface area (Å²) in [6.45, 7) is 7.64. The zero-order valence-corrected chi connectivity index (χ0v) is 10.6. The summed E-state index contributed by atoms with van der Waals surface area (Å²) in [7, 11) is 2.08. The first-order valence-corrected chi connectivity index (χ1v) is 5.88. The third kappa shape index (κ3) is 3.36. The highest BCUT2D eigenvalue weighted by Gasteiger charge is 2.27. The number of likely N-dealkylation sites (N-methyl/N-ethyl adjacent to an activating group) is 1. The molecule has 0 saturated carbocycles. The SMILES string of the molecule is CC(C)[C@@H](NS)C(=O)N1CCN(C)CC1. The molecule has 0 aromatic carbocycles. The maximum Gasteiger partial charge on any atom is 0.240 e. The second-order valence-corrected chi connectivity index (χ2v) is 4.74. The maximum absolute atomic E-state index is 12.1. The Bertz CT molecular complexity index is 215. The molecule has 1 amide bonds. The van der Waals surface area contributed by atoms with Crippen molar-refractivity contribution in [1.29, 1.82) is 0 Å². The first kappa shape index (κ1) is 12.8. The van der Waals surface area contributed by atoms with Crippen LogP contribution in [0.3, 0.4) is 0 Å². The number of nitrogens with one attached hydrogen (secondary N) is 1. The summed E-state index contributed by atoms with van der Waals surface area (Å²) in [4.78, 5) is 16.2. The van der Waals surface area contributed by atoms with Crippen molar-refractivity contribution in [3.8, 4) is 0 Å². The van der Waals surface area contributed by atoms with E-state index in [1.807, 2.05) is 18.7 Å². The number of thiol groups is 1. The summed E-state index contributed by atoms with van der Waals surface area (Å²) in [6.07, 6.45) is 0. The van der Waals surface area contributed by atoms with Gasteiger partial charge in [0.25, 0.3) is 0 Å². The number of piperazine rings is 1. The number of amides is 1. The average molecular weight is 231 g/mol. The van der Waals surface area contributed by atoms with E-state index in [0.29, 0.717) is 0 Å². The molecular weight excluding hydrogens is 210 g/mol. The molecule has 1 rings (SSSR count). The lowest BCUT2D eigenvalue weighted by atomic mass is 10.0. The fourth-order valence-corrected chi connectivity index (χ4v) is 2.12. The molecule has 1 heterocycles. The fourth-order valence-electron chi connectivity index (χ4n) is 1.71. The van der Waals surface area contributed by atoms with Crippen molar-refractivity contribution in [3.63, 3.8) is 0 Å². The zero-order chi connectivity index (χ0) is 11.4. The molecular formula is C10H21N3OS. The van der Waals surface area contributed by atoms with Crippen LogP contribution >= 0.6 is 12.8 Å². The molecule has 4 nitrogen and oxygen atoms in total. The second kappa shape index (κ2) is 5.72. The molecule has 1 N–H and O–H groups in total. The normalized spacial score (nSPS) is 20.7. The van der Waals surface area contributed by atoms with Gasteiger partial charge in [-0.15, -0.1) is 0 Å². The zero-order valence-electron chi connectivity index (χ0n) is 9.73. The van der Waals surface area contributed by atoms with Crippen LogP contribution in [0, 0.1) is 5.92 Å². The minimum atomic E-state index is -0.170. The largest absolute Gasteiger partial charge is 0.339 e. The van der Waals surface area contributed by atoms with Crippen LogP contribution in [0.5, 0.6) is 0 Å². The van der Waals surface area contributed by atoms with Gasteiger partial charge in [-0.25, -0.2) is 0 Å². The number of rotatable bonds is 3. The first-order valence-electron chi connectivity index (χ1n) is 5.43. The van der Waals surface area contributed by atoms with E-state index in [1.165, 1.54) is 0 Å². The van der Waals surface area contributed by atoms with Gasteiger partial charge in [-0.2, -0.15) is 0 Å². The maximum atomic E-state index is 12.1. The van der Waals surface area contributed by atoms with Crippen molar-refractivity contribution < 1.29 is 4.79 Å². The van der Waals surface area contributed by atoms with Crippen LogP contribution in [0.2, 0.25) is 0 Å². The lowest BCUT2D eigenvalue weighted by Crippen LogP contribution is -2.53. The third-order valence-corrected chi connectivity index (χ3v) is 3.16. The lowest BCUT2D eigenvalue weighted by Gasteiger charge is -2.35. The second-order valence-electron chi connectivity index (χ2n) is 4.48. The summed E-state index contributed by atoms with van der Waals surface area (Å²) < 4.78 is 2.80. The van der Waals surface area contributed by atoms with Crippen LogP contribution in [-0.2, 0) is 4.79 Å². The Morgan fingerprint density at radius 3 is 2.20 bits per heavy atom. The molecule has 0 unspecified atom stereocenters. The Morgan fingerprint density at radius 1 is 1.27 bits per heavy atom. The van der Waals surface area contributed by atoms with Gasteiger partial charge in [-0.3, -0.25) is 9.52 Å². The Hall–Kier alpha value is -0.260. The summed E-state index contributed by atoms with van der Waals surface area (Å²) in [5.41, 5.74) is 0. The van der Waals surface area contributed by atoms with Crippen molar-refractivity contribution in [1.82, 2.24) is 14.5 Å². The molecule has 15 heavy (non-hydrogen) atoms. The van der Waals surface area contributed by atoms with Crippen LogP contribution in [-0.4, -0.2) is 55.0 Å². The van der Waals surface area contributed by atoms with Gasteiger partial charge in [0, 0.05) is 26.2 Å². The Kier molecular flexibility index (Phi) is 4.89. The molecule has 1 atom stereocenters. The van der Waals surface area contributed by atoms with Crippen molar-refractivity contribution in [2.24, 2.45) is 5.92 Å². The number of hydrogen-bond acceptors (Lipinski definition) is 4. The van der Waals surface area contributed by atoms with Crippen LogP contribution in [0.15, 0.2) is 0 Å². The van der Waals surface area contributed by atoms with Crippen molar-refractivity contribution in [3.05, 3.63) is 0 Å². The number of nitrogens with zero attached hydrogens (tertiary/aromatic N) is 2. The molecule has 1 saturated heterocycles. The van der Waals surface area contributed by atoms with Crippen LogP contribution in [0.4, 0.5) is 0 Å². The van der Waals surface area contributed by atoms with E-state index in [2.05, 4.69) is 29.5 Å². The Balaban J connectivity index is 2.52. The molecule has 0 aromatic rings. The van der Waals surface area contributed by atoms with Gasteiger partial charge < -0.3 is 9.80 Å². The molecule has 0 spiro atoms. The van der Waals surface area contributed by atoms with Crippen LogP contribution in [0.1, 0.15) is 13.8 Å². The van der Waals surface area contributed by atoms with Crippen molar-refractivity contribution >= 4 is 18.7 Å². The van der Waals surface area contributed by atoms with Gasteiger partial charge in [0.2, 0.25) is 5.91 Å². The molecule has 1 aliphatic heterocycles. The van der Waals surface area contributed by atoms with Crippen LogP contribution in [0.25, 0.3) is 0 Å². The molecule has 1 aliphatic rings. The van der Waals surface area contributed by atoms with Gasteiger partial charge in [0.1, 0.15) is 0 Å². The predicted molar refractivity (Wildman–Crippen MR) is 64.8 cm³/mol. The standard InChI is InChI=1S/C10H21N3OS/c1-8(2)9(11-15)10(14)13-6-4-12(3)5-7-13/h8-9,11,15H,4-7H2,1-3H3/t9-/m1/s1. The summed E-state index contributed by atoms with van der Waals surface area (Å²) in [6, 6.07) is -0.170. The predicted octanol–water partition coefficient (Wildman–Crippen LogP) is 0.219. The smallest absolute Gasteiger partial charge is 0.240 e. The molecule has 1 fully saturated rings. The molecule has 0 radical (unpaired) electrons. The Morgan fingerprint density at radius 2 is 1.80 bits per heavy atom. The monoisotopic (exact) mass is 231 g/mol. The topological polar surface area (TPSA) is 35.6 Å². The van der Waals surface area contributed by atoms with Gasteiger partial charge in [-0.1, -0.05) is 26.7 Å². The fraction of sp³-hybridized carbons (Fsp3) is 0.900. The van der Waals surface area contributed by atoms with E-state index >= 15 is 0 Å². The van der Waals surface area contributed by atoms with Gasteiger partial charge in [-0.05, 0) is 13.0 Å². The highest BCUT2D eigenvalue weighted by molar-refractivity contribution is 7.78. The van der Waals surface area contributed by atoms with E-state index in [4.69, 9.17) is 0 Å². The minimum Gasteiger partial charge on any atom is -0.339 e.